The van der Waals surface area contributed by atoms with Gasteiger partial charge in [-0.15, -0.1) is 12.4 Å². The molecule has 1 amide bonds. The maximum absolute atomic E-state index is 13.0. The van der Waals surface area contributed by atoms with Crippen LogP contribution in [-0.4, -0.2) is 34.1 Å². The van der Waals surface area contributed by atoms with E-state index in [1.807, 2.05) is 11.0 Å². The number of halogens is 1. The average molecular weight is 347 g/mol. The number of aromatic nitrogens is 2. The Hall–Kier alpha value is -1.85. The van der Waals surface area contributed by atoms with E-state index in [0.717, 1.165) is 37.3 Å². The van der Waals surface area contributed by atoms with E-state index in [2.05, 4.69) is 47.6 Å². The van der Waals surface area contributed by atoms with Gasteiger partial charge in [0.1, 0.15) is 0 Å². The Labute approximate surface area is 148 Å². The lowest BCUT2D eigenvalue weighted by Crippen LogP contribution is -2.45. The summed E-state index contributed by atoms with van der Waals surface area (Å²) in [6.45, 7) is 7.44. The zero-order valence-corrected chi connectivity index (χ0v) is 14.9. The number of hydrogen-bond acceptors (Lipinski definition) is 3. The normalized spacial score (nSPS) is 18.3. The van der Waals surface area contributed by atoms with Crippen LogP contribution in [0, 0.1) is 0 Å². The first kappa shape index (κ1) is 17.0. The van der Waals surface area contributed by atoms with E-state index < -0.39 is 0 Å². The van der Waals surface area contributed by atoms with Crippen LogP contribution in [0.5, 0.6) is 0 Å². The summed E-state index contributed by atoms with van der Waals surface area (Å²) >= 11 is 0. The number of fused-ring (bicyclic) bond motifs is 2. The van der Waals surface area contributed by atoms with Crippen molar-refractivity contribution in [3.63, 3.8) is 0 Å². The maximum atomic E-state index is 13.0. The predicted molar refractivity (Wildman–Crippen MR) is 95.5 cm³/mol. The van der Waals surface area contributed by atoms with E-state index in [-0.39, 0.29) is 23.7 Å². The molecular formula is C18H23ClN4O. The molecule has 0 saturated heterocycles. The molecule has 3 heterocycles. The molecule has 2 aliphatic rings. The fraction of sp³-hybridized carbons (Fsp3) is 0.444. The summed E-state index contributed by atoms with van der Waals surface area (Å²) < 4.78 is 0. The van der Waals surface area contributed by atoms with Crippen LogP contribution < -0.4 is 5.32 Å². The highest BCUT2D eigenvalue weighted by Gasteiger charge is 2.35. The molecule has 0 fully saturated rings. The van der Waals surface area contributed by atoms with E-state index in [0.29, 0.717) is 12.2 Å². The van der Waals surface area contributed by atoms with Crippen molar-refractivity contribution in [2.75, 3.05) is 13.1 Å². The summed E-state index contributed by atoms with van der Waals surface area (Å²) in [5, 5.41) is 10.7. The Morgan fingerprint density at radius 3 is 2.92 bits per heavy atom. The molecule has 0 unspecified atom stereocenters. The number of benzene rings is 1. The molecular weight excluding hydrogens is 324 g/mol. The first-order chi connectivity index (χ1) is 11.1. The molecule has 0 atom stereocenters. The molecule has 6 heteroatoms. The first-order valence-corrected chi connectivity index (χ1v) is 8.21. The average Bonchev–Trinajstić information content (AvgIpc) is 2.97. The van der Waals surface area contributed by atoms with Gasteiger partial charge in [0.15, 0.2) is 5.69 Å². The predicted octanol–water partition coefficient (Wildman–Crippen LogP) is 2.41. The van der Waals surface area contributed by atoms with Crippen molar-refractivity contribution in [1.29, 1.82) is 0 Å². The zero-order valence-electron chi connectivity index (χ0n) is 14.1. The van der Waals surface area contributed by atoms with Gasteiger partial charge in [0.2, 0.25) is 0 Å². The van der Waals surface area contributed by atoms with Crippen molar-refractivity contribution in [2.24, 2.45) is 0 Å². The van der Waals surface area contributed by atoms with Crippen LogP contribution >= 0.6 is 12.4 Å². The number of rotatable bonds is 1. The number of aromatic amines is 1. The van der Waals surface area contributed by atoms with Gasteiger partial charge in [-0.1, -0.05) is 38.1 Å². The van der Waals surface area contributed by atoms with Gasteiger partial charge >= 0.3 is 0 Å². The van der Waals surface area contributed by atoms with Gasteiger partial charge < -0.3 is 10.2 Å². The minimum atomic E-state index is -0.0425. The molecule has 0 aliphatic carbocycles. The molecule has 24 heavy (non-hydrogen) atoms. The minimum Gasteiger partial charge on any atom is -0.332 e. The van der Waals surface area contributed by atoms with Gasteiger partial charge in [-0.25, -0.2) is 0 Å². The molecule has 0 radical (unpaired) electrons. The molecule has 4 rings (SSSR count). The molecule has 2 aromatic rings. The second kappa shape index (κ2) is 6.22. The molecule has 0 saturated carbocycles. The lowest BCUT2D eigenvalue weighted by atomic mass is 9.78. The monoisotopic (exact) mass is 346 g/mol. The summed E-state index contributed by atoms with van der Waals surface area (Å²) in [5.74, 6) is 0.0359. The third-order valence-electron chi connectivity index (χ3n) is 4.99. The molecule has 0 bridgehead atoms. The Kier molecular flexibility index (Phi) is 4.40. The van der Waals surface area contributed by atoms with E-state index >= 15 is 0 Å². The van der Waals surface area contributed by atoms with Crippen LogP contribution in [0.25, 0.3) is 0 Å². The van der Waals surface area contributed by atoms with Gasteiger partial charge in [-0.3, -0.25) is 9.89 Å². The molecule has 1 aromatic carbocycles. The minimum absolute atomic E-state index is 0. The number of carbonyl (C=O) groups is 1. The molecule has 2 aliphatic heterocycles. The van der Waals surface area contributed by atoms with Gasteiger partial charge in [0, 0.05) is 49.3 Å². The summed E-state index contributed by atoms with van der Waals surface area (Å²) in [7, 11) is 0. The molecule has 1 aromatic heterocycles. The highest BCUT2D eigenvalue weighted by molar-refractivity contribution is 5.94. The summed E-state index contributed by atoms with van der Waals surface area (Å²) in [5.41, 5.74) is 5.26. The molecule has 128 valence electrons. The fourth-order valence-corrected chi connectivity index (χ4v) is 3.84. The summed E-state index contributed by atoms with van der Waals surface area (Å²) in [4.78, 5) is 15.0. The van der Waals surface area contributed by atoms with Crippen molar-refractivity contribution in [2.45, 2.75) is 38.8 Å². The van der Waals surface area contributed by atoms with E-state index in [4.69, 9.17) is 0 Å². The third kappa shape index (κ3) is 2.72. The Bertz CT molecular complexity index is 768. The molecule has 5 nitrogen and oxygen atoms in total. The Balaban J connectivity index is 0.00000169. The van der Waals surface area contributed by atoms with E-state index in [9.17, 15) is 4.79 Å². The van der Waals surface area contributed by atoms with Crippen molar-refractivity contribution in [3.8, 4) is 0 Å². The first-order valence-electron chi connectivity index (χ1n) is 8.21. The number of nitrogens with one attached hydrogen (secondary N) is 2. The highest BCUT2D eigenvalue weighted by atomic mass is 35.5. The van der Waals surface area contributed by atoms with Crippen LogP contribution in [0.15, 0.2) is 24.3 Å². The number of H-pyrrole nitrogens is 1. The SMILES string of the molecule is CC1(C)CN(C(=O)c2n[nH]c3c2CNCC3)Cc2ccccc21.Cl. The van der Waals surface area contributed by atoms with Crippen LogP contribution in [0.2, 0.25) is 0 Å². The van der Waals surface area contributed by atoms with Crippen molar-refractivity contribution in [1.82, 2.24) is 20.4 Å². The Morgan fingerprint density at radius 1 is 1.29 bits per heavy atom. The maximum Gasteiger partial charge on any atom is 0.275 e. The third-order valence-corrected chi connectivity index (χ3v) is 4.99. The van der Waals surface area contributed by atoms with Crippen molar-refractivity contribution >= 4 is 18.3 Å². The fourth-order valence-electron chi connectivity index (χ4n) is 3.84. The number of nitrogens with zero attached hydrogens (tertiary/aromatic N) is 2. The second-order valence-corrected chi connectivity index (χ2v) is 7.16. The van der Waals surface area contributed by atoms with Gasteiger partial charge in [0.25, 0.3) is 5.91 Å². The van der Waals surface area contributed by atoms with Crippen LogP contribution in [0.3, 0.4) is 0 Å². The van der Waals surface area contributed by atoms with Crippen LogP contribution in [-0.2, 0) is 24.9 Å². The standard InChI is InChI=1S/C18H22N4O.ClH/c1-18(2)11-22(10-12-5-3-4-6-14(12)18)17(23)16-13-9-19-8-7-15(13)20-21-16;/h3-6,19H,7-11H2,1-2H3,(H,20,21);1H. The van der Waals surface area contributed by atoms with Crippen molar-refractivity contribution < 1.29 is 4.79 Å². The van der Waals surface area contributed by atoms with Crippen molar-refractivity contribution in [3.05, 3.63) is 52.3 Å². The number of amides is 1. The smallest absolute Gasteiger partial charge is 0.275 e. The quantitative estimate of drug-likeness (QED) is 0.833. The van der Waals surface area contributed by atoms with Crippen LogP contribution in [0.4, 0.5) is 0 Å². The molecule has 0 spiro atoms. The van der Waals surface area contributed by atoms with Gasteiger partial charge in [-0.2, -0.15) is 5.10 Å². The van der Waals surface area contributed by atoms with E-state index in [1.165, 1.54) is 11.1 Å². The number of hydrogen-bond donors (Lipinski definition) is 2. The lowest BCUT2D eigenvalue weighted by molar-refractivity contribution is 0.0679. The van der Waals surface area contributed by atoms with Gasteiger partial charge in [-0.05, 0) is 11.1 Å². The summed E-state index contributed by atoms with van der Waals surface area (Å²) in [6.07, 6.45) is 0.907. The zero-order chi connectivity index (χ0) is 16.0. The topological polar surface area (TPSA) is 61.0 Å². The lowest BCUT2D eigenvalue weighted by Gasteiger charge is -2.39. The Morgan fingerprint density at radius 2 is 2.08 bits per heavy atom. The number of carbonyl (C=O) groups excluding carboxylic acids is 1. The molecule has 2 N–H and O–H groups in total. The summed E-state index contributed by atoms with van der Waals surface area (Å²) in [6, 6.07) is 8.42. The van der Waals surface area contributed by atoms with Crippen LogP contribution in [0.1, 0.15) is 46.7 Å². The van der Waals surface area contributed by atoms with E-state index in [1.54, 1.807) is 0 Å². The highest BCUT2D eigenvalue weighted by Crippen LogP contribution is 2.34. The second-order valence-electron chi connectivity index (χ2n) is 7.16. The van der Waals surface area contributed by atoms with Gasteiger partial charge in [0.05, 0.1) is 0 Å². The largest absolute Gasteiger partial charge is 0.332 e.